The molecule has 1 aliphatic rings. The highest BCUT2D eigenvalue weighted by atomic mass is 19.4. The number of hydrogen-bond donors (Lipinski definition) is 1. The zero-order valence-corrected chi connectivity index (χ0v) is 11.6. The molecule has 0 amide bonds. The Labute approximate surface area is 117 Å². The number of hydrogen-bond acceptors (Lipinski definition) is 2. The van der Waals surface area contributed by atoms with Crippen molar-refractivity contribution in [3.05, 3.63) is 29.3 Å². The monoisotopic (exact) mass is 287 g/mol. The van der Waals surface area contributed by atoms with Crippen LogP contribution in [0.15, 0.2) is 18.2 Å². The molecular formula is C15H20F3NO. The lowest BCUT2D eigenvalue weighted by molar-refractivity contribution is -0.136. The maximum absolute atomic E-state index is 12.5. The number of ether oxygens (including phenoxy) is 1. The van der Waals surface area contributed by atoms with Crippen LogP contribution >= 0.6 is 0 Å². The second-order valence-electron chi connectivity index (χ2n) is 5.09. The fourth-order valence-corrected chi connectivity index (χ4v) is 2.51. The molecule has 0 bridgehead atoms. The topological polar surface area (TPSA) is 21.3 Å². The van der Waals surface area contributed by atoms with Crippen molar-refractivity contribution in [1.82, 2.24) is 5.32 Å². The average molecular weight is 287 g/mol. The van der Waals surface area contributed by atoms with Gasteiger partial charge in [0.25, 0.3) is 0 Å². The molecule has 0 radical (unpaired) electrons. The summed E-state index contributed by atoms with van der Waals surface area (Å²) in [6, 6.07) is 5.45. The Kier molecular flexibility index (Phi) is 4.91. The van der Waals surface area contributed by atoms with Crippen molar-refractivity contribution < 1.29 is 17.9 Å². The second-order valence-corrected chi connectivity index (χ2v) is 5.09. The number of rotatable bonds is 6. The average Bonchev–Trinajstić information content (AvgIpc) is 2.86. The predicted molar refractivity (Wildman–Crippen MR) is 72.0 cm³/mol. The van der Waals surface area contributed by atoms with Crippen molar-refractivity contribution in [3.63, 3.8) is 0 Å². The molecule has 5 heteroatoms. The molecule has 0 spiro atoms. The lowest BCUT2D eigenvalue weighted by atomic mass is 9.98. The van der Waals surface area contributed by atoms with Gasteiger partial charge in [0.1, 0.15) is 5.75 Å². The molecular weight excluding hydrogens is 267 g/mol. The molecule has 0 aromatic heterocycles. The smallest absolute Gasteiger partial charge is 0.389 e. The highest BCUT2D eigenvalue weighted by Crippen LogP contribution is 2.36. The SMILES string of the molecule is CCCNC(CCC(F)(F)F)c1cccc2c1OCC2. The number of halogens is 3. The fraction of sp³-hybridized carbons (Fsp3) is 0.600. The normalized spacial score (nSPS) is 15.8. The summed E-state index contributed by atoms with van der Waals surface area (Å²) < 4.78 is 43.0. The van der Waals surface area contributed by atoms with E-state index in [9.17, 15) is 13.2 Å². The Balaban J connectivity index is 2.16. The van der Waals surface area contributed by atoms with Crippen LogP contribution in [0.3, 0.4) is 0 Å². The van der Waals surface area contributed by atoms with E-state index in [-0.39, 0.29) is 12.5 Å². The molecule has 2 rings (SSSR count). The van der Waals surface area contributed by atoms with Gasteiger partial charge in [-0.3, -0.25) is 0 Å². The molecule has 2 nitrogen and oxygen atoms in total. The van der Waals surface area contributed by atoms with E-state index in [4.69, 9.17) is 4.74 Å². The summed E-state index contributed by atoms with van der Waals surface area (Å²) in [6.07, 6.45) is -3.13. The Morgan fingerprint density at radius 3 is 2.85 bits per heavy atom. The molecule has 1 N–H and O–H groups in total. The van der Waals surface area contributed by atoms with Gasteiger partial charge < -0.3 is 10.1 Å². The maximum Gasteiger partial charge on any atom is 0.389 e. The third-order valence-electron chi connectivity index (χ3n) is 3.48. The highest BCUT2D eigenvalue weighted by molar-refractivity contribution is 5.45. The molecule has 20 heavy (non-hydrogen) atoms. The van der Waals surface area contributed by atoms with Gasteiger partial charge in [-0.1, -0.05) is 25.1 Å². The molecule has 1 unspecified atom stereocenters. The van der Waals surface area contributed by atoms with Crippen molar-refractivity contribution in [2.45, 2.75) is 44.8 Å². The van der Waals surface area contributed by atoms with Crippen LogP contribution in [0.4, 0.5) is 13.2 Å². The van der Waals surface area contributed by atoms with Gasteiger partial charge in [0, 0.05) is 24.4 Å². The molecule has 0 saturated carbocycles. The summed E-state index contributed by atoms with van der Waals surface area (Å²) in [7, 11) is 0. The summed E-state index contributed by atoms with van der Waals surface area (Å²) in [5, 5.41) is 3.21. The molecule has 1 aromatic rings. The van der Waals surface area contributed by atoms with Crippen molar-refractivity contribution in [2.24, 2.45) is 0 Å². The van der Waals surface area contributed by atoms with Gasteiger partial charge in [0.2, 0.25) is 0 Å². The first kappa shape index (κ1) is 15.2. The third-order valence-corrected chi connectivity index (χ3v) is 3.48. The van der Waals surface area contributed by atoms with Crippen LogP contribution in [0, 0.1) is 0 Å². The van der Waals surface area contributed by atoms with E-state index in [1.807, 2.05) is 25.1 Å². The first-order valence-corrected chi connectivity index (χ1v) is 7.06. The second kappa shape index (κ2) is 6.48. The van der Waals surface area contributed by atoms with Gasteiger partial charge in [-0.05, 0) is 24.9 Å². The van der Waals surface area contributed by atoms with Gasteiger partial charge in [0.15, 0.2) is 0 Å². The summed E-state index contributed by atoms with van der Waals surface area (Å²) >= 11 is 0. The van der Waals surface area contributed by atoms with Crippen LogP contribution in [0.5, 0.6) is 5.75 Å². The summed E-state index contributed by atoms with van der Waals surface area (Å²) in [6.45, 7) is 3.32. The zero-order chi connectivity index (χ0) is 14.6. The van der Waals surface area contributed by atoms with Crippen molar-refractivity contribution >= 4 is 0 Å². The van der Waals surface area contributed by atoms with Crippen molar-refractivity contribution in [1.29, 1.82) is 0 Å². The lowest BCUT2D eigenvalue weighted by Gasteiger charge is -2.22. The summed E-state index contributed by atoms with van der Waals surface area (Å²) in [4.78, 5) is 0. The number of para-hydroxylation sites is 1. The largest absolute Gasteiger partial charge is 0.493 e. The molecule has 1 aromatic carbocycles. The Morgan fingerprint density at radius 2 is 2.15 bits per heavy atom. The fourth-order valence-electron chi connectivity index (χ4n) is 2.51. The summed E-state index contributed by atoms with van der Waals surface area (Å²) in [5.41, 5.74) is 1.95. The van der Waals surface area contributed by atoms with E-state index in [1.54, 1.807) is 0 Å². The molecule has 112 valence electrons. The molecule has 0 saturated heterocycles. The van der Waals surface area contributed by atoms with E-state index < -0.39 is 12.6 Å². The minimum atomic E-state index is -4.12. The lowest BCUT2D eigenvalue weighted by Crippen LogP contribution is -2.24. The minimum absolute atomic E-state index is 0.0450. The number of alkyl halides is 3. The van der Waals surface area contributed by atoms with E-state index in [1.165, 1.54) is 0 Å². The van der Waals surface area contributed by atoms with Crippen LogP contribution in [-0.2, 0) is 6.42 Å². The van der Waals surface area contributed by atoms with E-state index in [2.05, 4.69) is 5.32 Å². The molecule has 1 heterocycles. The third kappa shape index (κ3) is 3.88. The van der Waals surface area contributed by atoms with E-state index >= 15 is 0 Å². The van der Waals surface area contributed by atoms with E-state index in [0.29, 0.717) is 13.2 Å². The van der Waals surface area contributed by atoms with Gasteiger partial charge >= 0.3 is 6.18 Å². The number of benzene rings is 1. The molecule has 0 fully saturated rings. The first-order valence-electron chi connectivity index (χ1n) is 7.06. The highest BCUT2D eigenvalue weighted by Gasteiger charge is 2.30. The van der Waals surface area contributed by atoms with Crippen LogP contribution in [0.2, 0.25) is 0 Å². The van der Waals surface area contributed by atoms with Gasteiger partial charge in [0.05, 0.1) is 6.61 Å². The van der Waals surface area contributed by atoms with Crippen LogP contribution in [-0.4, -0.2) is 19.3 Å². The molecule has 1 atom stereocenters. The molecule has 0 aliphatic carbocycles. The molecule has 1 aliphatic heterocycles. The van der Waals surface area contributed by atoms with Crippen LogP contribution in [0.25, 0.3) is 0 Å². The van der Waals surface area contributed by atoms with Gasteiger partial charge in [-0.15, -0.1) is 0 Å². The standard InChI is InChI=1S/C15H20F3NO/c1-2-9-19-13(6-8-15(16,17)18)12-5-3-4-11-7-10-20-14(11)12/h3-5,13,19H,2,6-10H2,1H3. The first-order chi connectivity index (χ1) is 9.51. The number of nitrogens with one attached hydrogen (secondary N) is 1. The van der Waals surface area contributed by atoms with Crippen LogP contribution < -0.4 is 10.1 Å². The van der Waals surface area contributed by atoms with Crippen molar-refractivity contribution in [3.8, 4) is 5.75 Å². The predicted octanol–water partition coefficient (Wildman–Crippen LogP) is 4.00. The minimum Gasteiger partial charge on any atom is -0.493 e. The quantitative estimate of drug-likeness (QED) is 0.853. The van der Waals surface area contributed by atoms with Crippen molar-refractivity contribution in [2.75, 3.05) is 13.2 Å². The van der Waals surface area contributed by atoms with Gasteiger partial charge in [-0.25, -0.2) is 0 Å². The van der Waals surface area contributed by atoms with Crippen LogP contribution in [0.1, 0.15) is 43.4 Å². The Hall–Kier alpha value is -1.23. The van der Waals surface area contributed by atoms with E-state index in [0.717, 1.165) is 29.7 Å². The van der Waals surface area contributed by atoms with Gasteiger partial charge in [-0.2, -0.15) is 13.2 Å². The zero-order valence-electron chi connectivity index (χ0n) is 11.6. The maximum atomic E-state index is 12.5. The Morgan fingerprint density at radius 1 is 1.35 bits per heavy atom. The Bertz CT molecular complexity index is 445. The number of fused-ring (bicyclic) bond motifs is 1. The summed E-state index contributed by atoms with van der Waals surface area (Å²) in [5.74, 6) is 0.781.